The number of ether oxygens (including phenoxy) is 1. The van der Waals surface area contributed by atoms with Crippen LogP contribution in [0.25, 0.3) is 5.69 Å². The van der Waals surface area contributed by atoms with Gasteiger partial charge in [-0.1, -0.05) is 11.8 Å². The Hall–Kier alpha value is -2.87. The summed E-state index contributed by atoms with van der Waals surface area (Å²) < 4.78 is 6.93. The van der Waals surface area contributed by atoms with Crippen molar-refractivity contribution in [3.63, 3.8) is 0 Å². The molecule has 2 aromatic carbocycles. The van der Waals surface area contributed by atoms with E-state index in [0.717, 1.165) is 5.75 Å². The van der Waals surface area contributed by atoms with Crippen molar-refractivity contribution in [2.45, 2.75) is 24.3 Å². The lowest BCUT2D eigenvalue weighted by molar-refractivity contribution is 0.0994. The molecular weight excluding hydrogens is 352 g/mol. The van der Waals surface area contributed by atoms with Crippen LogP contribution in [0.4, 0.5) is 0 Å². The Bertz CT molecular complexity index is 878. The maximum atomic E-state index is 12.7. The number of hydrogen-bond acceptors (Lipinski definition) is 7. The molecule has 0 saturated carbocycles. The quantitative estimate of drug-likeness (QED) is 0.505. The number of carbonyl (C=O) groups is 1. The fraction of sp³-hybridized carbons (Fsp3) is 0.222. The Morgan fingerprint density at radius 1 is 1.19 bits per heavy atom. The van der Waals surface area contributed by atoms with E-state index in [4.69, 9.17) is 4.74 Å². The second-order valence-corrected chi connectivity index (χ2v) is 6.78. The first-order chi connectivity index (χ1) is 12.6. The number of tetrazole rings is 1. The van der Waals surface area contributed by atoms with Gasteiger partial charge in [0.1, 0.15) is 11.5 Å². The van der Waals surface area contributed by atoms with Gasteiger partial charge in [-0.25, -0.2) is 0 Å². The van der Waals surface area contributed by atoms with Crippen LogP contribution in [0.3, 0.4) is 0 Å². The maximum absolute atomic E-state index is 12.7. The number of phenolic OH excluding ortho intramolecular Hbond substituents is 1. The number of carbonyl (C=O) groups excluding carboxylic acids is 1. The third-order valence-electron chi connectivity index (χ3n) is 3.64. The highest BCUT2D eigenvalue weighted by molar-refractivity contribution is 8.00. The van der Waals surface area contributed by atoms with E-state index in [0.29, 0.717) is 23.0 Å². The summed E-state index contributed by atoms with van der Waals surface area (Å²) in [5.74, 6) is 0.883. The van der Waals surface area contributed by atoms with Gasteiger partial charge in [-0.2, -0.15) is 4.68 Å². The van der Waals surface area contributed by atoms with Gasteiger partial charge in [0.25, 0.3) is 0 Å². The minimum absolute atomic E-state index is 0.0155. The Kier molecular flexibility index (Phi) is 5.52. The van der Waals surface area contributed by atoms with Crippen LogP contribution in [0.1, 0.15) is 24.2 Å². The molecule has 1 N–H and O–H groups in total. The molecule has 1 heterocycles. The third-order valence-corrected chi connectivity index (χ3v) is 4.67. The summed E-state index contributed by atoms with van der Waals surface area (Å²) in [6, 6.07) is 13.6. The van der Waals surface area contributed by atoms with Gasteiger partial charge in [-0.15, -0.1) is 5.10 Å². The zero-order valence-electron chi connectivity index (χ0n) is 14.4. The largest absolute Gasteiger partial charge is 0.508 e. The van der Waals surface area contributed by atoms with Crippen LogP contribution in [-0.2, 0) is 0 Å². The first-order valence-electron chi connectivity index (χ1n) is 8.10. The number of nitrogens with zero attached hydrogens (tertiary/aromatic N) is 4. The summed E-state index contributed by atoms with van der Waals surface area (Å²) in [6.45, 7) is 4.31. The predicted octanol–water partition coefficient (Wildman–Crippen LogP) is 3.13. The molecule has 1 aromatic heterocycles. The number of thioether (sulfide) groups is 1. The molecule has 8 heteroatoms. The number of aromatic nitrogens is 4. The van der Waals surface area contributed by atoms with Gasteiger partial charge in [0.15, 0.2) is 5.78 Å². The molecule has 0 unspecified atom stereocenters. The van der Waals surface area contributed by atoms with Crippen molar-refractivity contribution in [2.75, 3.05) is 6.61 Å². The third kappa shape index (κ3) is 4.02. The summed E-state index contributed by atoms with van der Waals surface area (Å²) in [4.78, 5) is 12.7. The van der Waals surface area contributed by atoms with E-state index in [-0.39, 0.29) is 16.8 Å². The highest BCUT2D eigenvalue weighted by Gasteiger charge is 2.20. The molecule has 7 nitrogen and oxygen atoms in total. The Morgan fingerprint density at radius 3 is 2.54 bits per heavy atom. The molecule has 0 spiro atoms. The molecule has 3 aromatic rings. The Labute approximate surface area is 155 Å². The van der Waals surface area contributed by atoms with Crippen LogP contribution in [0.5, 0.6) is 11.5 Å². The SMILES string of the molecule is CCOc1ccc(C(=O)[C@H](C)Sc2nnnn2-c2ccc(O)cc2)cc1. The molecule has 0 saturated heterocycles. The molecule has 1 atom stereocenters. The zero-order valence-corrected chi connectivity index (χ0v) is 15.2. The van der Waals surface area contributed by atoms with Crippen molar-refractivity contribution in [1.29, 1.82) is 0 Å². The second kappa shape index (κ2) is 8.01. The standard InChI is InChI=1S/C18H18N4O3S/c1-3-25-16-10-4-13(5-11-16)17(24)12(2)26-18-19-20-21-22(18)14-6-8-15(23)9-7-14/h4-12,23H,3H2,1-2H3/t12-/m0/s1. The molecule has 3 rings (SSSR count). The second-order valence-electron chi connectivity index (χ2n) is 5.47. The summed E-state index contributed by atoms with van der Waals surface area (Å²) in [5.41, 5.74) is 1.31. The van der Waals surface area contributed by atoms with Gasteiger partial charge in [0.2, 0.25) is 5.16 Å². The molecule has 0 aliphatic rings. The van der Waals surface area contributed by atoms with Gasteiger partial charge in [-0.3, -0.25) is 4.79 Å². The fourth-order valence-electron chi connectivity index (χ4n) is 2.34. The van der Waals surface area contributed by atoms with Crippen LogP contribution < -0.4 is 4.74 Å². The fourth-order valence-corrected chi connectivity index (χ4v) is 3.22. The van der Waals surface area contributed by atoms with Crippen molar-refractivity contribution in [2.24, 2.45) is 0 Å². The van der Waals surface area contributed by atoms with Crippen LogP contribution in [-0.4, -0.2) is 43.0 Å². The first-order valence-corrected chi connectivity index (χ1v) is 8.98. The first kappa shape index (κ1) is 17.9. The molecule has 0 radical (unpaired) electrons. The van der Waals surface area contributed by atoms with Gasteiger partial charge in [0.05, 0.1) is 17.5 Å². The topological polar surface area (TPSA) is 90.1 Å². The Balaban J connectivity index is 1.74. The number of hydrogen-bond donors (Lipinski definition) is 1. The van der Waals surface area contributed by atoms with Gasteiger partial charge in [0, 0.05) is 5.56 Å². The minimum Gasteiger partial charge on any atom is -0.508 e. The average Bonchev–Trinajstić information content (AvgIpc) is 3.11. The van der Waals surface area contributed by atoms with Crippen molar-refractivity contribution in [3.05, 3.63) is 54.1 Å². The van der Waals surface area contributed by atoms with Crippen molar-refractivity contribution < 1.29 is 14.6 Å². The average molecular weight is 370 g/mol. The monoisotopic (exact) mass is 370 g/mol. The van der Waals surface area contributed by atoms with Gasteiger partial charge >= 0.3 is 0 Å². The molecular formula is C18H18N4O3S. The highest BCUT2D eigenvalue weighted by atomic mass is 32.2. The molecule has 0 aliphatic heterocycles. The lowest BCUT2D eigenvalue weighted by Gasteiger charge is -2.11. The number of ketones is 1. The Morgan fingerprint density at radius 2 is 1.88 bits per heavy atom. The minimum atomic E-state index is -0.366. The molecule has 0 aliphatic carbocycles. The predicted molar refractivity (Wildman–Crippen MR) is 98.1 cm³/mol. The highest BCUT2D eigenvalue weighted by Crippen LogP contribution is 2.26. The van der Waals surface area contributed by atoms with E-state index in [1.807, 2.05) is 13.8 Å². The molecule has 0 fully saturated rings. The number of aromatic hydroxyl groups is 1. The summed E-state index contributed by atoms with van der Waals surface area (Å²) in [5, 5.41) is 21.2. The summed E-state index contributed by atoms with van der Waals surface area (Å²) >= 11 is 1.28. The number of rotatable bonds is 7. The van der Waals surface area contributed by atoms with Crippen LogP contribution in [0.2, 0.25) is 0 Å². The summed E-state index contributed by atoms with van der Waals surface area (Å²) in [6.07, 6.45) is 0. The van der Waals surface area contributed by atoms with Crippen LogP contribution in [0.15, 0.2) is 53.7 Å². The number of phenols is 1. The summed E-state index contributed by atoms with van der Waals surface area (Å²) in [7, 11) is 0. The van der Waals surface area contributed by atoms with Crippen molar-refractivity contribution in [3.8, 4) is 17.2 Å². The van der Waals surface area contributed by atoms with Crippen molar-refractivity contribution in [1.82, 2.24) is 20.2 Å². The lowest BCUT2D eigenvalue weighted by atomic mass is 10.1. The number of Topliss-reactive ketones (excluding diaryl/α,β-unsaturated/α-hetero) is 1. The molecule has 26 heavy (non-hydrogen) atoms. The maximum Gasteiger partial charge on any atom is 0.214 e. The molecule has 134 valence electrons. The van der Waals surface area contributed by atoms with E-state index in [1.54, 1.807) is 48.5 Å². The number of benzene rings is 2. The van der Waals surface area contributed by atoms with E-state index < -0.39 is 0 Å². The van der Waals surface area contributed by atoms with E-state index in [1.165, 1.54) is 16.4 Å². The van der Waals surface area contributed by atoms with Gasteiger partial charge in [-0.05, 0) is 72.8 Å². The van der Waals surface area contributed by atoms with Crippen molar-refractivity contribution >= 4 is 17.5 Å². The smallest absolute Gasteiger partial charge is 0.214 e. The van der Waals surface area contributed by atoms with Crippen LogP contribution >= 0.6 is 11.8 Å². The zero-order chi connectivity index (χ0) is 18.5. The van der Waals surface area contributed by atoms with Gasteiger partial charge < -0.3 is 9.84 Å². The lowest BCUT2D eigenvalue weighted by Crippen LogP contribution is -2.14. The van der Waals surface area contributed by atoms with E-state index in [2.05, 4.69) is 15.5 Å². The van der Waals surface area contributed by atoms with Crippen LogP contribution in [0, 0.1) is 0 Å². The normalized spacial score (nSPS) is 11.9. The molecule has 0 amide bonds. The van der Waals surface area contributed by atoms with E-state index in [9.17, 15) is 9.90 Å². The molecule has 0 bridgehead atoms. The van der Waals surface area contributed by atoms with E-state index >= 15 is 0 Å².